The van der Waals surface area contributed by atoms with Crippen LogP contribution in [0.3, 0.4) is 0 Å². The molecular formula is C17H17N3O3S. The molecule has 1 atom stereocenters. The van der Waals surface area contributed by atoms with Crippen molar-refractivity contribution in [3.63, 3.8) is 0 Å². The average molecular weight is 343 g/mol. The van der Waals surface area contributed by atoms with Crippen LogP contribution in [0.2, 0.25) is 0 Å². The van der Waals surface area contributed by atoms with Gasteiger partial charge in [0.1, 0.15) is 11.9 Å². The Kier molecular flexibility index (Phi) is 3.74. The fourth-order valence-electron chi connectivity index (χ4n) is 2.85. The first kappa shape index (κ1) is 15.2. The molecule has 7 heteroatoms. The summed E-state index contributed by atoms with van der Waals surface area (Å²) in [5, 5.41) is 8.08. The summed E-state index contributed by atoms with van der Waals surface area (Å²) in [6.45, 7) is 1.74. The summed E-state index contributed by atoms with van der Waals surface area (Å²) in [4.78, 5) is 0.210. The zero-order valence-electron chi connectivity index (χ0n) is 12.9. The van der Waals surface area contributed by atoms with Gasteiger partial charge in [0.15, 0.2) is 0 Å². The van der Waals surface area contributed by atoms with E-state index in [0.29, 0.717) is 11.3 Å². The largest absolute Gasteiger partial charge is 0.489 e. The molecule has 0 aliphatic carbocycles. The van der Waals surface area contributed by atoms with E-state index in [0.717, 1.165) is 29.0 Å². The van der Waals surface area contributed by atoms with Crippen molar-refractivity contribution in [2.24, 2.45) is 0 Å². The Balaban J connectivity index is 1.76. The molecule has 1 aromatic heterocycles. The summed E-state index contributed by atoms with van der Waals surface area (Å²) in [5.41, 5.74) is 0.516. The van der Waals surface area contributed by atoms with E-state index in [9.17, 15) is 8.42 Å². The minimum atomic E-state index is -3.73. The van der Waals surface area contributed by atoms with Crippen LogP contribution >= 0.6 is 0 Å². The Morgan fingerprint density at radius 1 is 1.17 bits per heavy atom. The molecule has 0 amide bonds. The fraction of sp³-hybridized carbons (Fsp3) is 0.235. The lowest BCUT2D eigenvalue weighted by Crippen LogP contribution is -2.19. The van der Waals surface area contributed by atoms with E-state index in [-0.39, 0.29) is 11.0 Å². The fourth-order valence-corrected chi connectivity index (χ4v) is 4.14. The Hall–Kier alpha value is -2.38. The standard InChI is InChI=1S/C17H17N3O3S/c21-24(22,16-4-2-1-3-5-16)20-17-10-14(7-6-13(17)11-19-20)23-15-8-9-18-12-15/h1-7,10-11,15,18H,8-9,12H2. The van der Waals surface area contributed by atoms with Crippen molar-refractivity contribution in [2.75, 3.05) is 13.1 Å². The van der Waals surface area contributed by atoms with Crippen LogP contribution < -0.4 is 10.1 Å². The van der Waals surface area contributed by atoms with Crippen LogP contribution in [0.15, 0.2) is 59.6 Å². The molecule has 0 bridgehead atoms. The zero-order chi connectivity index (χ0) is 16.6. The van der Waals surface area contributed by atoms with Crippen molar-refractivity contribution >= 4 is 20.9 Å². The molecule has 6 nitrogen and oxygen atoms in total. The van der Waals surface area contributed by atoms with Crippen LogP contribution in [-0.2, 0) is 10.0 Å². The van der Waals surface area contributed by atoms with Gasteiger partial charge in [-0.2, -0.15) is 17.6 Å². The molecule has 2 heterocycles. The highest BCUT2D eigenvalue weighted by Gasteiger charge is 2.21. The predicted octanol–water partition coefficient (Wildman–Crippen LogP) is 2.01. The highest BCUT2D eigenvalue weighted by atomic mass is 32.2. The predicted molar refractivity (Wildman–Crippen MR) is 90.7 cm³/mol. The lowest BCUT2D eigenvalue weighted by atomic mass is 10.2. The quantitative estimate of drug-likeness (QED) is 0.784. The van der Waals surface area contributed by atoms with Crippen LogP contribution in [0, 0.1) is 0 Å². The number of rotatable bonds is 4. The second-order valence-corrected chi connectivity index (χ2v) is 7.53. The van der Waals surface area contributed by atoms with E-state index in [1.165, 1.54) is 0 Å². The van der Waals surface area contributed by atoms with Gasteiger partial charge in [-0.15, -0.1) is 0 Å². The summed E-state index contributed by atoms with van der Waals surface area (Å²) in [6, 6.07) is 13.7. The van der Waals surface area contributed by atoms with E-state index in [2.05, 4.69) is 10.4 Å². The van der Waals surface area contributed by atoms with Gasteiger partial charge in [0.05, 0.1) is 16.6 Å². The van der Waals surface area contributed by atoms with Gasteiger partial charge >= 0.3 is 0 Å². The average Bonchev–Trinajstić information content (AvgIpc) is 3.25. The minimum absolute atomic E-state index is 0.115. The molecule has 1 fully saturated rings. The van der Waals surface area contributed by atoms with E-state index in [4.69, 9.17) is 4.74 Å². The van der Waals surface area contributed by atoms with Crippen molar-refractivity contribution in [1.82, 2.24) is 14.5 Å². The lowest BCUT2D eigenvalue weighted by molar-refractivity contribution is 0.223. The summed E-state index contributed by atoms with van der Waals surface area (Å²) >= 11 is 0. The summed E-state index contributed by atoms with van der Waals surface area (Å²) in [5.74, 6) is 0.654. The molecule has 0 saturated carbocycles. The Bertz CT molecular complexity index is 961. The van der Waals surface area contributed by atoms with Crippen molar-refractivity contribution in [3.8, 4) is 5.75 Å². The van der Waals surface area contributed by atoms with Gasteiger partial charge in [0.2, 0.25) is 0 Å². The molecule has 1 N–H and O–H groups in total. The molecule has 4 rings (SSSR count). The normalized spacial score (nSPS) is 18.1. The van der Waals surface area contributed by atoms with E-state index in [1.54, 1.807) is 42.6 Å². The van der Waals surface area contributed by atoms with E-state index >= 15 is 0 Å². The lowest BCUT2D eigenvalue weighted by Gasteiger charge is -2.13. The number of hydrogen-bond acceptors (Lipinski definition) is 5. The van der Waals surface area contributed by atoms with Crippen molar-refractivity contribution in [3.05, 3.63) is 54.7 Å². The van der Waals surface area contributed by atoms with E-state index in [1.807, 2.05) is 12.1 Å². The molecule has 1 aliphatic heterocycles. The van der Waals surface area contributed by atoms with Crippen molar-refractivity contribution in [1.29, 1.82) is 0 Å². The molecule has 1 aliphatic rings. The van der Waals surface area contributed by atoms with Crippen LogP contribution in [-0.4, -0.2) is 36.8 Å². The zero-order valence-corrected chi connectivity index (χ0v) is 13.7. The van der Waals surface area contributed by atoms with Crippen LogP contribution in [0.1, 0.15) is 6.42 Å². The molecule has 0 radical (unpaired) electrons. The first-order valence-corrected chi connectivity index (χ1v) is 9.24. The molecule has 1 unspecified atom stereocenters. The van der Waals surface area contributed by atoms with Crippen LogP contribution in [0.5, 0.6) is 5.75 Å². The van der Waals surface area contributed by atoms with E-state index < -0.39 is 10.0 Å². The number of nitrogens with one attached hydrogen (secondary N) is 1. The number of hydrogen-bond donors (Lipinski definition) is 1. The van der Waals surface area contributed by atoms with Gasteiger partial charge in [-0.1, -0.05) is 18.2 Å². The minimum Gasteiger partial charge on any atom is -0.489 e. The molecule has 1 saturated heterocycles. The summed E-state index contributed by atoms with van der Waals surface area (Å²) in [6.07, 6.45) is 2.61. The highest BCUT2D eigenvalue weighted by Crippen LogP contribution is 2.25. The van der Waals surface area contributed by atoms with Crippen LogP contribution in [0.25, 0.3) is 10.9 Å². The maximum atomic E-state index is 12.8. The van der Waals surface area contributed by atoms with Crippen LogP contribution in [0.4, 0.5) is 0 Å². The summed E-state index contributed by atoms with van der Waals surface area (Å²) < 4.78 is 32.6. The number of aromatic nitrogens is 2. The molecule has 0 spiro atoms. The Morgan fingerprint density at radius 2 is 2.00 bits per heavy atom. The number of ether oxygens (including phenoxy) is 1. The molecule has 3 aromatic rings. The third kappa shape index (κ3) is 2.65. The highest BCUT2D eigenvalue weighted by molar-refractivity contribution is 7.90. The van der Waals surface area contributed by atoms with Crippen molar-refractivity contribution in [2.45, 2.75) is 17.4 Å². The second-order valence-electron chi connectivity index (χ2n) is 5.76. The van der Waals surface area contributed by atoms with Gasteiger partial charge in [0, 0.05) is 18.0 Å². The Morgan fingerprint density at radius 3 is 2.75 bits per heavy atom. The Labute approximate surface area is 140 Å². The third-order valence-corrected chi connectivity index (χ3v) is 5.71. The molecule has 2 aromatic carbocycles. The molecule has 24 heavy (non-hydrogen) atoms. The van der Waals surface area contributed by atoms with Gasteiger partial charge in [-0.3, -0.25) is 0 Å². The van der Waals surface area contributed by atoms with Gasteiger partial charge in [0.25, 0.3) is 10.0 Å². The third-order valence-electron chi connectivity index (χ3n) is 4.10. The SMILES string of the molecule is O=S(=O)(c1ccccc1)n1ncc2ccc(OC3CCNC3)cc21. The number of fused-ring (bicyclic) bond motifs is 1. The van der Waals surface area contributed by atoms with Gasteiger partial charge in [-0.25, -0.2) is 0 Å². The topological polar surface area (TPSA) is 73.2 Å². The second kappa shape index (κ2) is 5.92. The molecular weight excluding hydrogens is 326 g/mol. The number of nitrogens with zero attached hydrogens (tertiary/aromatic N) is 2. The van der Waals surface area contributed by atoms with Gasteiger partial charge in [-0.05, 0) is 37.2 Å². The van der Waals surface area contributed by atoms with Crippen molar-refractivity contribution < 1.29 is 13.2 Å². The molecule has 124 valence electrons. The first-order valence-electron chi connectivity index (χ1n) is 7.80. The smallest absolute Gasteiger partial charge is 0.283 e. The summed E-state index contributed by atoms with van der Waals surface area (Å²) in [7, 11) is -3.73. The first-order chi connectivity index (χ1) is 11.6. The maximum absolute atomic E-state index is 12.8. The monoisotopic (exact) mass is 343 g/mol. The van der Waals surface area contributed by atoms with Gasteiger partial charge < -0.3 is 10.1 Å². The number of benzene rings is 2. The maximum Gasteiger partial charge on any atom is 0.283 e.